The molecule has 0 saturated carbocycles. The Kier molecular flexibility index (Phi) is 3.14. The lowest BCUT2D eigenvalue weighted by molar-refractivity contribution is 1.44. The van der Waals surface area contributed by atoms with Crippen LogP contribution < -0.4 is 0 Å². The van der Waals surface area contributed by atoms with Crippen molar-refractivity contribution in [2.24, 2.45) is 0 Å². The molecule has 0 atom stereocenters. The van der Waals surface area contributed by atoms with E-state index >= 15 is 0 Å². The molecule has 0 unspecified atom stereocenters. The topological polar surface area (TPSA) is 0 Å². The molecule has 0 aliphatic heterocycles. The van der Waals surface area contributed by atoms with E-state index in [-0.39, 0.29) is 0 Å². The molecule has 0 aliphatic carbocycles. The molecule has 2 rings (SSSR count). The van der Waals surface area contributed by atoms with Crippen molar-refractivity contribution in [2.75, 3.05) is 0 Å². The van der Waals surface area contributed by atoms with Gasteiger partial charge in [0.05, 0.1) is 0 Å². The third-order valence-electron chi connectivity index (χ3n) is 3.13. The summed E-state index contributed by atoms with van der Waals surface area (Å²) >= 11 is 0. The van der Waals surface area contributed by atoms with Crippen molar-refractivity contribution >= 4 is 16.8 Å². The van der Waals surface area contributed by atoms with E-state index in [2.05, 4.69) is 63.8 Å². The standard InChI is InChI=1S/C17H18/c1-5-12(2)11-17-14(4)7-8-15-10-13(3)6-9-16(15)17/h5-11H,1H2,2-4H3/b12-11-. The van der Waals surface area contributed by atoms with Gasteiger partial charge in [-0.1, -0.05) is 60.2 Å². The number of rotatable bonds is 2. The second kappa shape index (κ2) is 4.58. The first-order chi connectivity index (χ1) is 8.11. The van der Waals surface area contributed by atoms with Crippen molar-refractivity contribution in [3.63, 3.8) is 0 Å². The zero-order valence-electron chi connectivity index (χ0n) is 10.7. The molecule has 0 fully saturated rings. The van der Waals surface area contributed by atoms with E-state index in [0.29, 0.717) is 0 Å². The van der Waals surface area contributed by atoms with E-state index in [1.54, 1.807) is 0 Å². The summed E-state index contributed by atoms with van der Waals surface area (Å²) in [6.45, 7) is 10.2. The van der Waals surface area contributed by atoms with Crippen LogP contribution >= 0.6 is 0 Å². The molecular formula is C17H18. The van der Waals surface area contributed by atoms with Crippen LogP contribution in [0.15, 0.2) is 48.6 Å². The molecule has 2 aromatic carbocycles. The maximum Gasteiger partial charge on any atom is -0.0108 e. The van der Waals surface area contributed by atoms with Crippen molar-refractivity contribution in [1.82, 2.24) is 0 Å². The molecule has 0 saturated heterocycles. The lowest BCUT2D eigenvalue weighted by Gasteiger charge is -2.08. The Bertz CT molecular complexity index is 601. The van der Waals surface area contributed by atoms with Gasteiger partial charge in [-0.3, -0.25) is 0 Å². The van der Waals surface area contributed by atoms with Crippen molar-refractivity contribution < 1.29 is 0 Å². The van der Waals surface area contributed by atoms with Crippen LogP contribution in [0.4, 0.5) is 0 Å². The third-order valence-corrected chi connectivity index (χ3v) is 3.13. The average Bonchev–Trinajstić information content (AvgIpc) is 2.32. The smallest absolute Gasteiger partial charge is 0.0108 e. The highest BCUT2D eigenvalue weighted by molar-refractivity contribution is 5.92. The van der Waals surface area contributed by atoms with E-state index in [1.165, 1.54) is 33.0 Å². The quantitative estimate of drug-likeness (QED) is 0.624. The predicted molar refractivity (Wildman–Crippen MR) is 77.3 cm³/mol. The summed E-state index contributed by atoms with van der Waals surface area (Å²) in [6, 6.07) is 11.0. The largest absolute Gasteiger partial charge is 0.0988 e. The van der Waals surface area contributed by atoms with Crippen molar-refractivity contribution in [3.8, 4) is 0 Å². The lowest BCUT2D eigenvalue weighted by Crippen LogP contribution is -1.86. The van der Waals surface area contributed by atoms with Gasteiger partial charge in [0.1, 0.15) is 0 Å². The molecule has 17 heavy (non-hydrogen) atoms. The Hall–Kier alpha value is -1.82. The van der Waals surface area contributed by atoms with Crippen molar-refractivity contribution in [2.45, 2.75) is 20.8 Å². The second-order valence-electron chi connectivity index (χ2n) is 4.61. The molecule has 0 N–H and O–H groups in total. The van der Waals surface area contributed by atoms with Gasteiger partial charge in [0, 0.05) is 0 Å². The van der Waals surface area contributed by atoms with Gasteiger partial charge in [0.25, 0.3) is 0 Å². The molecule has 0 bridgehead atoms. The summed E-state index contributed by atoms with van der Waals surface area (Å²) < 4.78 is 0. The van der Waals surface area contributed by atoms with E-state index in [9.17, 15) is 0 Å². The molecule has 0 heteroatoms. The van der Waals surface area contributed by atoms with Crippen LogP contribution in [0.2, 0.25) is 0 Å². The first kappa shape index (κ1) is 11.7. The zero-order valence-corrected chi connectivity index (χ0v) is 10.7. The minimum Gasteiger partial charge on any atom is -0.0988 e. The summed E-state index contributed by atoms with van der Waals surface area (Å²) in [5.74, 6) is 0. The minimum atomic E-state index is 1.20. The fourth-order valence-electron chi connectivity index (χ4n) is 2.06. The number of allylic oxidation sites excluding steroid dienone is 2. The summed E-state index contributed by atoms with van der Waals surface area (Å²) in [5.41, 5.74) is 5.11. The molecule has 0 radical (unpaired) electrons. The highest BCUT2D eigenvalue weighted by Crippen LogP contribution is 2.25. The molecule has 2 aromatic rings. The van der Waals surface area contributed by atoms with Gasteiger partial charge in [0.15, 0.2) is 0 Å². The van der Waals surface area contributed by atoms with Crippen LogP contribution in [0, 0.1) is 13.8 Å². The van der Waals surface area contributed by atoms with Crippen LogP contribution in [0.1, 0.15) is 23.6 Å². The summed E-state index contributed by atoms with van der Waals surface area (Å²) in [6.07, 6.45) is 4.10. The van der Waals surface area contributed by atoms with Crippen LogP contribution in [0.25, 0.3) is 16.8 Å². The lowest BCUT2D eigenvalue weighted by atomic mass is 9.97. The molecule has 0 spiro atoms. The van der Waals surface area contributed by atoms with Crippen LogP contribution in [-0.2, 0) is 0 Å². The van der Waals surface area contributed by atoms with E-state index in [1.807, 2.05) is 6.08 Å². The molecule has 0 aliphatic rings. The van der Waals surface area contributed by atoms with Crippen molar-refractivity contribution in [3.05, 3.63) is 65.3 Å². The predicted octanol–water partition coefficient (Wildman–Crippen LogP) is 5.05. The van der Waals surface area contributed by atoms with Crippen molar-refractivity contribution in [1.29, 1.82) is 0 Å². The van der Waals surface area contributed by atoms with Crippen LogP contribution in [0.5, 0.6) is 0 Å². The Morgan fingerprint density at radius 3 is 2.59 bits per heavy atom. The van der Waals surface area contributed by atoms with Gasteiger partial charge in [-0.15, -0.1) is 0 Å². The number of hydrogen-bond donors (Lipinski definition) is 0. The first-order valence-corrected chi connectivity index (χ1v) is 5.92. The molecule has 86 valence electrons. The number of fused-ring (bicyclic) bond motifs is 1. The fourth-order valence-corrected chi connectivity index (χ4v) is 2.06. The molecule has 0 aromatic heterocycles. The number of benzene rings is 2. The van der Waals surface area contributed by atoms with E-state index in [0.717, 1.165) is 0 Å². The average molecular weight is 222 g/mol. The Morgan fingerprint density at radius 2 is 1.88 bits per heavy atom. The Labute approximate surface area is 103 Å². The fraction of sp³-hybridized carbons (Fsp3) is 0.176. The van der Waals surface area contributed by atoms with Gasteiger partial charge in [-0.2, -0.15) is 0 Å². The van der Waals surface area contributed by atoms with Crippen LogP contribution in [-0.4, -0.2) is 0 Å². The number of aryl methyl sites for hydroxylation is 2. The number of hydrogen-bond acceptors (Lipinski definition) is 0. The Balaban J connectivity index is 2.76. The summed E-state index contributed by atoms with van der Waals surface area (Å²) in [7, 11) is 0. The SMILES string of the molecule is C=C/C(C)=C\c1c(C)ccc2cc(C)ccc12. The summed E-state index contributed by atoms with van der Waals surface area (Å²) in [4.78, 5) is 0. The van der Waals surface area contributed by atoms with Gasteiger partial charge >= 0.3 is 0 Å². The monoisotopic (exact) mass is 222 g/mol. The molecular weight excluding hydrogens is 204 g/mol. The summed E-state index contributed by atoms with van der Waals surface area (Å²) in [5, 5.41) is 2.62. The third kappa shape index (κ3) is 2.31. The van der Waals surface area contributed by atoms with Gasteiger partial charge in [-0.05, 0) is 42.7 Å². The minimum absolute atomic E-state index is 1.20. The van der Waals surface area contributed by atoms with Gasteiger partial charge < -0.3 is 0 Å². The van der Waals surface area contributed by atoms with E-state index in [4.69, 9.17) is 0 Å². The molecule has 0 nitrogen and oxygen atoms in total. The van der Waals surface area contributed by atoms with Gasteiger partial charge in [0.2, 0.25) is 0 Å². The highest BCUT2D eigenvalue weighted by atomic mass is 14.1. The maximum absolute atomic E-state index is 3.81. The Morgan fingerprint density at radius 1 is 1.12 bits per heavy atom. The van der Waals surface area contributed by atoms with Crippen LogP contribution in [0.3, 0.4) is 0 Å². The maximum atomic E-state index is 3.81. The second-order valence-corrected chi connectivity index (χ2v) is 4.61. The van der Waals surface area contributed by atoms with Gasteiger partial charge in [-0.25, -0.2) is 0 Å². The molecule has 0 heterocycles. The zero-order chi connectivity index (χ0) is 12.4. The normalized spacial score (nSPS) is 11.8. The first-order valence-electron chi connectivity index (χ1n) is 5.92. The highest BCUT2D eigenvalue weighted by Gasteiger charge is 2.02. The molecule has 0 amide bonds. The van der Waals surface area contributed by atoms with E-state index < -0.39 is 0 Å².